The average Bonchev–Trinajstić information content (AvgIpc) is 3.13. The number of rotatable bonds is 4. The maximum absolute atomic E-state index is 5.28. The molecule has 4 nitrogen and oxygen atoms in total. The third kappa shape index (κ3) is 5.11. The van der Waals surface area contributed by atoms with E-state index >= 15 is 0 Å². The molecule has 0 aliphatic carbocycles. The highest BCUT2D eigenvalue weighted by Crippen LogP contribution is 2.26. The molecule has 2 aromatic rings. The van der Waals surface area contributed by atoms with Gasteiger partial charge in [0.1, 0.15) is 5.75 Å². The fourth-order valence-electron chi connectivity index (χ4n) is 3.25. The van der Waals surface area contributed by atoms with Gasteiger partial charge in [0.15, 0.2) is 5.96 Å². The lowest BCUT2D eigenvalue weighted by Gasteiger charge is -2.22. The third-order valence-electron chi connectivity index (χ3n) is 4.56. The van der Waals surface area contributed by atoms with Gasteiger partial charge in [-0.25, -0.2) is 0 Å². The number of ether oxygens (including phenoxy) is 1. The molecule has 0 bridgehead atoms. The van der Waals surface area contributed by atoms with Gasteiger partial charge in [0, 0.05) is 32.6 Å². The summed E-state index contributed by atoms with van der Waals surface area (Å²) >= 11 is 0. The molecule has 1 aliphatic rings. The Morgan fingerprint density at radius 1 is 1.20 bits per heavy atom. The molecule has 1 N–H and O–H groups in total. The Labute approximate surface area is 167 Å². The number of hydrogen-bond acceptors (Lipinski definition) is 2. The summed E-state index contributed by atoms with van der Waals surface area (Å²) in [6.45, 7) is 2.80. The number of aliphatic imine (C=N–C) groups is 1. The lowest BCUT2D eigenvalue weighted by Crippen LogP contribution is -2.39. The van der Waals surface area contributed by atoms with E-state index in [4.69, 9.17) is 4.74 Å². The van der Waals surface area contributed by atoms with E-state index in [-0.39, 0.29) is 24.0 Å². The Morgan fingerprint density at radius 2 is 2.00 bits per heavy atom. The van der Waals surface area contributed by atoms with Gasteiger partial charge in [0.25, 0.3) is 0 Å². The molecule has 3 rings (SSSR count). The van der Waals surface area contributed by atoms with Crippen molar-refractivity contribution in [2.45, 2.75) is 18.9 Å². The van der Waals surface area contributed by atoms with E-state index in [1.54, 1.807) is 7.11 Å². The Kier molecular flexibility index (Phi) is 7.55. The van der Waals surface area contributed by atoms with Crippen LogP contribution in [0.1, 0.15) is 23.5 Å². The van der Waals surface area contributed by atoms with Crippen molar-refractivity contribution in [3.63, 3.8) is 0 Å². The Morgan fingerprint density at radius 3 is 2.72 bits per heavy atom. The second-order valence-corrected chi connectivity index (χ2v) is 6.09. The van der Waals surface area contributed by atoms with Crippen molar-refractivity contribution >= 4 is 29.9 Å². The molecule has 5 heteroatoms. The van der Waals surface area contributed by atoms with Gasteiger partial charge in [-0.2, -0.15) is 0 Å². The largest absolute Gasteiger partial charge is 0.497 e. The fourth-order valence-corrected chi connectivity index (χ4v) is 3.25. The first-order valence-corrected chi connectivity index (χ1v) is 8.43. The number of nitrogens with one attached hydrogen (secondary N) is 1. The van der Waals surface area contributed by atoms with Gasteiger partial charge in [0.05, 0.1) is 7.11 Å². The summed E-state index contributed by atoms with van der Waals surface area (Å²) in [4.78, 5) is 6.80. The summed E-state index contributed by atoms with van der Waals surface area (Å²) in [6.07, 6.45) is 1.17. The highest BCUT2D eigenvalue weighted by atomic mass is 127. The maximum Gasteiger partial charge on any atom is 0.193 e. The molecular weight excluding hydrogens is 425 g/mol. The fraction of sp³-hybridized carbons (Fsp3) is 0.350. The zero-order valence-corrected chi connectivity index (χ0v) is 17.1. The third-order valence-corrected chi connectivity index (χ3v) is 4.56. The Balaban J connectivity index is 0.00000225. The lowest BCUT2D eigenvalue weighted by molar-refractivity contribution is 0.414. The van der Waals surface area contributed by atoms with Gasteiger partial charge < -0.3 is 15.0 Å². The van der Waals surface area contributed by atoms with Crippen LogP contribution < -0.4 is 10.1 Å². The van der Waals surface area contributed by atoms with Crippen LogP contribution in [-0.2, 0) is 6.54 Å². The number of halogens is 1. The van der Waals surface area contributed by atoms with Crippen LogP contribution in [0, 0.1) is 0 Å². The standard InChI is InChI=1S/C20H25N3O.HI/c1-21-20(22-14-16-7-6-10-19(13-16)24-2)23-12-11-18(15-23)17-8-4-3-5-9-17;/h3-10,13,18H,11-12,14-15H2,1-2H3,(H,21,22);1H. The van der Waals surface area contributed by atoms with Crippen LogP contribution in [0.4, 0.5) is 0 Å². The lowest BCUT2D eigenvalue weighted by atomic mass is 9.99. The van der Waals surface area contributed by atoms with Crippen molar-refractivity contribution < 1.29 is 4.74 Å². The quantitative estimate of drug-likeness (QED) is 0.436. The molecule has 2 aromatic carbocycles. The summed E-state index contributed by atoms with van der Waals surface area (Å²) in [6, 6.07) is 18.9. The predicted octanol–water partition coefficient (Wildman–Crippen LogP) is 3.88. The summed E-state index contributed by atoms with van der Waals surface area (Å²) in [5.41, 5.74) is 2.61. The van der Waals surface area contributed by atoms with Gasteiger partial charge in [0.2, 0.25) is 0 Å². The molecule has 1 saturated heterocycles. The highest BCUT2D eigenvalue weighted by Gasteiger charge is 2.25. The van der Waals surface area contributed by atoms with E-state index in [1.165, 1.54) is 17.5 Å². The summed E-state index contributed by atoms with van der Waals surface area (Å²) in [5, 5.41) is 3.47. The van der Waals surface area contributed by atoms with Crippen molar-refractivity contribution in [2.24, 2.45) is 4.99 Å². The molecule has 1 atom stereocenters. The average molecular weight is 451 g/mol. The molecule has 25 heavy (non-hydrogen) atoms. The molecule has 0 amide bonds. The first-order valence-electron chi connectivity index (χ1n) is 8.43. The zero-order valence-electron chi connectivity index (χ0n) is 14.8. The first kappa shape index (κ1) is 19.6. The topological polar surface area (TPSA) is 36.9 Å². The van der Waals surface area contributed by atoms with Crippen LogP contribution in [0.25, 0.3) is 0 Å². The number of likely N-dealkylation sites (tertiary alicyclic amines) is 1. The zero-order chi connectivity index (χ0) is 16.8. The van der Waals surface area contributed by atoms with Crippen LogP contribution in [0.2, 0.25) is 0 Å². The monoisotopic (exact) mass is 451 g/mol. The van der Waals surface area contributed by atoms with Gasteiger partial charge >= 0.3 is 0 Å². The number of benzene rings is 2. The van der Waals surface area contributed by atoms with Crippen molar-refractivity contribution in [1.29, 1.82) is 0 Å². The van der Waals surface area contributed by atoms with E-state index in [2.05, 4.69) is 57.7 Å². The maximum atomic E-state index is 5.28. The van der Waals surface area contributed by atoms with Gasteiger partial charge in [-0.15, -0.1) is 24.0 Å². The Hall–Kier alpha value is -1.76. The summed E-state index contributed by atoms with van der Waals surface area (Å²) in [7, 11) is 3.54. The van der Waals surface area contributed by atoms with E-state index in [9.17, 15) is 0 Å². The van der Waals surface area contributed by atoms with E-state index in [0.717, 1.165) is 31.3 Å². The predicted molar refractivity (Wildman–Crippen MR) is 114 cm³/mol. The number of methoxy groups -OCH3 is 1. The number of guanidine groups is 1. The van der Waals surface area contributed by atoms with Crippen LogP contribution in [0.5, 0.6) is 5.75 Å². The second kappa shape index (κ2) is 9.65. The summed E-state index contributed by atoms with van der Waals surface area (Å²) in [5.74, 6) is 2.44. The van der Waals surface area contributed by atoms with Crippen LogP contribution in [-0.4, -0.2) is 38.1 Å². The van der Waals surface area contributed by atoms with E-state index in [0.29, 0.717) is 5.92 Å². The van der Waals surface area contributed by atoms with Crippen LogP contribution >= 0.6 is 24.0 Å². The number of hydrogen-bond donors (Lipinski definition) is 1. The minimum absolute atomic E-state index is 0. The SMILES string of the molecule is CN=C(NCc1cccc(OC)c1)N1CCC(c2ccccc2)C1.I. The van der Waals surface area contributed by atoms with Gasteiger partial charge in [-0.1, -0.05) is 42.5 Å². The van der Waals surface area contributed by atoms with E-state index in [1.807, 2.05) is 19.2 Å². The molecule has 134 valence electrons. The number of nitrogens with zero attached hydrogens (tertiary/aromatic N) is 2. The molecule has 1 aliphatic heterocycles. The van der Waals surface area contributed by atoms with Gasteiger partial charge in [-0.05, 0) is 29.7 Å². The second-order valence-electron chi connectivity index (χ2n) is 6.09. The molecule has 0 radical (unpaired) electrons. The van der Waals surface area contributed by atoms with Crippen molar-refractivity contribution in [3.05, 3.63) is 65.7 Å². The normalized spacial score (nSPS) is 17.1. The molecule has 1 fully saturated rings. The highest BCUT2D eigenvalue weighted by molar-refractivity contribution is 14.0. The Bertz CT molecular complexity index is 690. The first-order chi connectivity index (χ1) is 11.8. The van der Waals surface area contributed by atoms with Crippen molar-refractivity contribution in [2.75, 3.05) is 27.2 Å². The molecular formula is C20H26IN3O. The van der Waals surface area contributed by atoms with Crippen LogP contribution in [0.15, 0.2) is 59.6 Å². The van der Waals surface area contributed by atoms with E-state index < -0.39 is 0 Å². The molecule has 0 saturated carbocycles. The molecule has 0 aromatic heterocycles. The molecule has 0 spiro atoms. The summed E-state index contributed by atoms with van der Waals surface area (Å²) < 4.78 is 5.28. The molecule has 1 unspecified atom stereocenters. The van der Waals surface area contributed by atoms with Crippen molar-refractivity contribution in [1.82, 2.24) is 10.2 Å². The molecule has 1 heterocycles. The minimum Gasteiger partial charge on any atom is -0.497 e. The van der Waals surface area contributed by atoms with Gasteiger partial charge in [-0.3, -0.25) is 4.99 Å². The van der Waals surface area contributed by atoms with Crippen molar-refractivity contribution in [3.8, 4) is 5.75 Å². The minimum atomic E-state index is 0. The van der Waals surface area contributed by atoms with Crippen LogP contribution in [0.3, 0.4) is 0 Å². The smallest absolute Gasteiger partial charge is 0.193 e.